The summed E-state index contributed by atoms with van der Waals surface area (Å²) < 4.78 is 0. The molecule has 0 unspecified atom stereocenters. The number of benzene rings is 1. The van der Waals surface area contributed by atoms with Gasteiger partial charge in [0, 0.05) is 25.3 Å². The van der Waals surface area contributed by atoms with Crippen LogP contribution in [0, 0.1) is 0 Å². The molecule has 6 heteroatoms. The zero-order chi connectivity index (χ0) is 18.5. The lowest BCUT2D eigenvalue weighted by Gasteiger charge is -2.27. The molecule has 136 valence electrons. The smallest absolute Gasteiger partial charge is 0.265 e. The Bertz CT molecular complexity index is 747. The second kappa shape index (κ2) is 8.27. The number of anilines is 1. The van der Waals surface area contributed by atoms with Crippen LogP contribution in [-0.4, -0.2) is 41.5 Å². The number of thiocarbonyl (C=S) groups is 1. The van der Waals surface area contributed by atoms with Crippen LogP contribution < -0.4 is 10.2 Å². The second-order valence-corrected chi connectivity index (χ2v) is 6.90. The molecule has 2 aliphatic rings. The Morgan fingerprint density at radius 2 is 1.73 bits per heavy atom. The van der Waals surface area contributed by atoms with Gasteiger partial charge in [-0.1, -0.05) is 31.1 Å². The first kappa shape index (κ1) is 18.3. The van der Waals surface area contributed by atoms with E-state index in [1.54, 1.807) is 12.2 Å². The van der Waals surface area contributed by atoms with E-state index in [2.05, 4.69) is 28.9 Å². The van der Waals surface area contributed by atoms with E-state index in [4.69, 9.17) is 12.2 Å². The molecular formula is C20H23N3O2S. The number of amides is 2. The van der Waals surface area contributed by atoms with E-state index < -0.39 is 11.8 Å². The Hall–Kier alpha value is -2.47. The van der Waals surface area contributed by atoms with Crippen molar-refractivity contribution in [3.05, 3.63) is 48.1 Å². The summed E-state index contributed by atoms with van der Waals surface area (Å²) in [6, 6.07) is 7.99. The molecule has 0 aliphatic carbocycles. The van der Waals surface area contributed by atoms with E-state index in [1.165, 1.54) is 36.3 Å². The van der Waals surface area contributed by atoms with Crippen molar-refractivity contribution in [2.75, 3.05) is 24.5 Å². The van der Waals surface area contributed by atoms with E-state index >= 15 is 0 Å². The van der Waals surface area contributed by atoms with Gasteiger partial charge in [0.15, 0.2) is 5.11 Å². The Kier molecular flexibility index (Phi) is 5.83. The lowest BCUT2D eigenvalue weighted by atomic mass is 10.1. The summed E-state index contributed by atoms with van der Waals surface area (Å²) in [7, 11) is 0. The lowest BCUT2D eigenvalue weighted by Crippen LogP contribution is -2.53. The van der Waals surface area contributed by atoms with Gasteiger partial charge in [-0.3, -0.25) is 19.8 Å². The zero-order valence-electron chi connectivity index (χ0n) is 14.7. The molecule has 2 saturated heterocycles. The quantitative estimate of drug-likeness (QED) is 0.384. The van der Waals surface area contributed by atoms with E-state index in [9.17, 15) is 9.59 Å². The number of carbonyl (C=O) groups is 2. The van der Waals surface area contributed by atoms with Crippen molar-refractivity contribution in [1.29, 1.82) is 0 Å². The summed E-state index contributed by atoms with van der Waals surface area (Å²) in [5, 5.41) is 2.68. The average molecular weight is 369 g/mol. The standard InChI is InChI=1S/C20H23N3O2S/c1-2-11-23-19(25)17(18(24)21-20(23)26)14-15-7-9-16(10-8-15)22-12-5-3-4-6-13-22/h2,7-10,14H,1,3-6,11-13H2,(H,21,24,26)/b17-14+. The minimum absolute atomic E-state index is 0.0861. The first-order chi connectivity index (χ1) is 12.6. The van der Waals surface area contributed by atoms with Crippen LogP contribution in [0.4, 0.5) is 5.69 Å². The third kappa shape index (κ3) is 4.02. The monoisotopic (exact) mass is 369 g/mol. The number of rotatable bonds is 4. The largest absolute Gasteiger partial charge is 0.372 e. The fraction of sp³-hybridized carbons (Fsp3) is 0.350. The summed E-state index contributed by atoms with van der Waals surface area (Å²) in [5.41, 5.74) is 2.08. The molecule has 0 spiro atoms. The number of nitrogens with zero attached hydrogens (tertiary/aromatic N) is 2. The van der Waals surface area contributed by atoms with Gasteiger partial charge in [-0.25, -0.2) is 0 Å². The van der Waals surface area contributed by atoms with Crippen molar-refractivity contribution >= 4 is 40.9 Å². The van der Waals surface area contributed by atoms with Crippen LogP contribution in [0.25, 0.3) is 6.08 Å². The Labute approximate surface area is 159 Å². The van der Waals surface area contributed by atoms with Crippen molar-refractivity contribution in [3.63, 3.8) is 0 Å². The van der Waals surface area contributed by atoms with Gasteiger partial charge in [-0.15, -0.1) is 6.58 Å². The molecule has 2 amide bonds. The SMILES string of the molecule is C=CCN1C(=O)/C(=C/c2ccc(N3CCCCCC3)cc2)C(=O)NC1=S. The minimum atomic E-state index is -0.461. The predicted molar refractivity (Wildman–Crippen MR) is 108 cm³/mol. The number of carbonyl (C=O) groups excluding carboxylic acids is 2. The molecule has 3 rings (SSSR count). The average Bonchev–Trinajstić information content (AvgIpc) is 2.92. The normalized spacial score (nSPS) is 20.2. The molecule has 2 heterocycles. The molecule has 1 aromatic carbocycles. The van der Waals surface area contributed by atoms with Crippen molar-refractivity contribution in [3.8, 4) is 0 Å². The molecule has 2 aliphatic heterocycles. The van der Waals surface area contributed by atoms with Crippen LogP contribution in [0.15, 0.2) is 42.5 Å². The lowest BCUT2D eigenvalue weighted by molar-refractivity contribution is -0.128. The first-order valence-electron chi connectivity index (χ1n) is 8.95. The van der Waals surface area contributed by atoms with E-state index in [0.29, 0.717) is 0 Å². The van der Waals surface area contributed by atoms with Crippen molar-refractivity contribution < 1.29 is 9.59 Å². The van der Waals surface area contributed by atoms with Crippen LogP contribution >= 0.6 is 12.2 Å². The number of hydrogen-bond donors (Lipinski definition) is 1. The maximum atomic E-state index is 12.5. The molecule has 1 N–H and O–H groups in total. The molecule has 0 radical (unpaired) electrons. The summed E-state index contributed by atoms with van der Waals surface area (Å²) in [4.78, 5) is 28.4. The third-order valence-corrected chi connectivity index (χ3v) is 5.00. The molecular weight excluding hydrogens is 346 g/mol. The van der Waals surface area contributed by atoms with Gasteiger partial charge < -0.3 is 4.90 Å². The van der Waals surface area contributed by atoms with Crippen LogP contribution in [0.3, 0.4) is 0 Å². The second-order valence-electron chi connectivity index (χ2n) is 6.51. The predicted octanol–water partition coefficient (Wildman–Crippen LogP) is 2.88. The molecule has 5 nitrogen and oxygen atoms in total. The molecule has 0 saturated carbocycles. The summed E-state index contributed by atoms with van der Waals surface area (Å²) in [5.74, 6) is -0.854. The van der Waals surface area contributed by atoms with Crippen molar-refractivity contribution in [2.24, 2.45) is 0 Å². The minimum Gasteiger partial charge on any atom is -0.372 e. The van der Waals surface area contributed by atoms with Gasteiger partial charge in [0.1, 0.15) is 5.57 Å². The summed E-state index contributed by atoms with van der Waals surface area (Å²) in [6.45, 7) is 6.05. The highest BCUT2D eigenvalue weighted by Crippen LogP contribution is 2.21. The third-order valence-electron chi connectivity index (χ3n) is 4.67. The highest BCUT2D eigenvalue weighted by Gasteiger charge is 2.32. The van der Waals surface area contributed by atoms with Crippen LogP contribution in [0.2, 0.25) is 0 Å². The Morgan fingerprint density at radius 3 is 2.35 bits per heavy atom. The maximum absolute atomic E-state index is 12.5. The summed E-state index contributed by atoms with van der Waals surface area (Å²) >= 11 is 5.06. The van der Waals surface area contributed by atoms with Gasteiger partial charge in [0.2, 0.25) is 0 Å². The Balaban J connectivity index is 1.79. The highest BCUT2D eigenvalue weighted by molar-refractivity contribution is 7.80. The van der Waals surface area contributed by atoms with Crippen LogP contribution in [0.5, 0.6) is 0 Å². The fourth-order valence-corrected chi connectivity index (χ4v) is 3.52. The van der Waals surface area contributed by atoms with Crippen LogP contribution in [-0.2, 0) is 9.59 Å². The zero-order valence-corrected chi connectivity index (χ0v) is 15.6. The van der Waals surface area contributed by atoms with E-state index in [0.717, 1.165) is 18.7 Å². The Morgan fingerprint density at radius 1 is 1.08 bits per heavy atom. The first-order valence-corrected chi connectivity index (χ1v) is 9.36. The van der Waals surface area contributed by atoms with Crippen LogP contribution in [0.1, 0.15) is 31.2 Å². The van der Waals surface area contributed by atoms with Crippen molar-refractivity contribution in [2.45, 2.75) is 25.7 Å². The molecule has 0 atom stereocenters. The fourth-order valence-electron chi connectivity index (χ4n) is 3.27. The van der Waals surface area contributed by atoms with Gasteiger partial charge >= 0.3 is 0 Å². The van der Waals surface area contributed by atoms with Gasteiger partial charge in [0.25, 0.3) is 11.8 Å². The topological polar surface area (TPSA) is 52.7 Å². The van der Waals surface area contributed by atoms with Gasteiger partial charge in [-0.05, 0) is 48.8 Å². The maximum Gasteiger partial charge on any atom is 0.265 e. The molecule has 0 bridgehead atoms. The number of nitrogens with one attached hydrogen (secondary N) is 1. The molecule has 1 aromatic rings. The summed E-state index contributed by atoms with van der Waals surface area (Å²) in [6.07, 6.45) is 8.22. The molecule has 2 fully saturated rings. The van der Waals surface area contributed by atoms with E-state index in [-0.39, 0.29) is 17.2 Å². The molecule has 26 heavy (non-hydrogen) atoms. The van der Waals surface area contributed by atoms with Crippen molar-refractivity contribution in [1.82, 2.24) is 10.2 Å². The number of hydrogen-bond acceptors (Lipinski definition) is 4. The highest BCUT2D eigenvalue weighted by atomic mass is 32.1. The molecule has 0 aromatic heterocycles. The van der Waals surface area contributed by atoms with Gasteiger partial charge in [-0.2, -0.15) is 0 Å². The van der Waals surface area contributed by atoms with E-state index in [1.807, 2.05) is 12.1 Å². The van der Waals surface area contributed by atoms with Gasteiger partial charge in [0.05, 0.1) is 0 Å².